The predicted octanol–water partition coefficient (Wildman–Crippen LogP) is 4.36. The summed E-state index contributed by atoms with van der Waals surface area (Å²) in [7, 11) is 7.29. The van der Waals surface area contributed by atoms with Crippen LogP contribution in [0.5, 0.6) is 0 Å². The Kier molecular flexibility index (Phi) is 12.3. The first-order chi connectivity index (χ1) is 7.35. The fourth-order valence-electron chi connectivity index (χ4n) is 2.07. The van der Waals surface area contributed by atoms with Crippen molar-refractivity contribution in [3.8, 4) is 0 Å². The normalized spacial score (nSPS) is 12.7. The van der Waals surface area contributed by atoms with Crippen molar-refractivity contribution >= 4 is 14.9 Å². The zero-order valence-electron chi connectivity index (χ0n) is 10.8. The molecule has 0 aromatic rings. The largest absolute Gasteiger partial charge is 0.0867 e. The summed E-state index contributed by atoms with van der Waals surface area (Å²) < 4.78 is 0. The Hall–Kier alpha value is 0.130. The van der Waals surface area contributed by atoms with Gasteiger partial charge < -0.3 is 0 Å². The molecular weight excluding hydrogens is 178 g/mol. The summed E-state index contributed by atoms with van der Waals surface area (Å²) in [5, 5.41) is 0. The van der Waals surface area contributed by atoms with Gasteiger partial charge in [-0.1, -0.05) is 78.0 Å². The Balaban J connectivity index is 3.14. The molecule has 0 nitrogen and oxygen atoms in total. The van der Waals surface area contributed by atoms with E-state index in [4.69, 9.17) is 7.74 Å². The maximum atomic E-state index is 5.47. The number of hydrogen-bond donors (Lipinski definition) is 0. The van der Waals surface area contributed by atoms with Crippen LogP contribution in [0.15, 0.2) is 0 Å². The van der Waals surface area contributed by atoms with Gasteiger partial charge in [0.15, 0.2) is 0 Å². The molecule has 3 radical (unpaired) electrons. The maximum Gasteiger partial charge on any atom is 0.0548 e. The zero-order chi connectivity index (χ0) is 11.4. The first-order valence-corrected chi connectivity index (χ1v) is 6.88. The molecule has 0 aliphatic carbocycles. The van der Waals surface area contributed by atoms with Crippen molar-refractivity contribution in [1.29, 1.82) is 0 Å². The van der Waals surface area contributed by atoms with Crippen LogP contribution in [-0.2, 0) is 0 Å². The lowest BCUT2D eigenvalue weighted by atomic mass is 9.51. The first-order valence-electron chi connectivity index (χ1n) is 6.88. The van der Waals surface area contributed by atoms with Crippen molar-refractivity contribution in [3.63, 3.8) is 0 Å². The van der Waals surface area contributed by atoms with Crippen LogP contribution in [0.1, 0.15) is 71.6 Å². The van der Waals surface area contributed by atoms with Gasteiger partial charge in [-0.3, -0.25) is 0 Å². The molecular formula is C13H27B2. The molecule has 0 N–H and O–H groups in total. The molecule has 0 rings (SSSR count). The van der Waals surface area contributed by atoms with Gasteiger partial charge in [-0.25, -0.2) is 0 Å². The van der Waals surface area contributed by atoms with Gasteiger partial charge in [-0.2, -0.15) is 0 Å². The predicted molar refractivity (Wildman–Crippen MR) is 72.7 cm³/mol. The van der Waals surface area contributed by atoms with Gasteiger partial charge in [0.2, 0.25) is 0 Å². The molecule has 0 aromatic heterocycles. The monoisotopic (exact) mass is 205 g/mol. The summed E-state index contributed by atoms with van der Waals surface area (Å²) in [5.74, 6) is 0.839. The maximum absolute atomic E-state index is 5.47. The summed E-state index contributed by atoms with van der Waals surface area (Å²) in [6.07, 6.45) is 13.7. The van der Waals surface area contributed by atoms with Crippen LogP contribution in [0.25, 0.3) is 0 Å². The zero-order valence-corrected chi connectivity index (χ0v) is 10.8. The van der Waals surface area contributed by atoms with E-state index in [-0.39, 0.29) is 0 Å². The average Bonchev–Trinajstić information content (AvgIpc) is 2.26. The number of hydrogen-bond acceptors (Lipinski definition) is 0. The van der Waals surface area contributed by atoms with Crippen LogP contribution >= 0.6 is 0 Å². The molecule has 1 atom stereocenters. The Bertz CT molecular complexity index is 115. The van der Waals surface area contributed by atoms with Crippen molar-refractivity contribution in [2.45, 2.75) is 78.0 Å². The fraction of sp³-hybridized carbons (Fsp3) is 1.00. The molecule has 0 spiro atoms. The van der Waals surface area contributed by atoms with Crippen LogP contribution in [-0.4, -0.2) is 14.9 Å². The van der Waals surface area contributed by atoms with Crippen LogP contribution in [0.4, 0.5) is 0 Å². The minimum absolute atomic E-state index is 0.839. The van der Waals surface area contributed by atoms with Crippen molar-refractivity contribution in [1.82, 2.24) is 0 Å². The van der Waals surface area contributed by atoms with Crippen LogP contribution < -0.4 is 0 Å². The van der Waals surface area contributed by atoms with E-state index in [2.05, 4.69) is 13.8 Å². The summed E-state index contributed by atoms with van der Waals surface area (Å²) >= 11 is 0. The average molecular weight is 205 g/mol. The fourth-order valence-corrected chi connectivity index (χ4v) is 2.07. The molecule has 0 aliphatic heterocycles. The Morgan fingerprint density at radius 1 is 0.933 bits per heavy atom. The van der Waals surface area contributed by atoms with Crippen LogP contribution in [0, 0.1) is 5.92 Å². The van der Waals surface area contributed by atoms with Gasteiger partial charge in [0.25, 0.3) is 0 Å². The van der Waals surface area contributed by atoms with Gasteiger partial charge >= 0.3 is 0 Å². The second-order valence-electron chi connectivity index (χ2n) is 4.66. The molecule has 0 heterocycles. The van der Waals surface area contributed by atoms with Gasteiger partial charge in [0.05, 0.1) is 7.17 Å². The highest BCUT2D eigenvalue weighted by Crippen LogP contribution is 2.18. The molecule has 2 heteroatoms. The van der Waals surface area contributed by atoms with E-state index in [9.17, 15) is 0 Å². The molecule has 0 amide bonds. The highest BCUT2D eigenvalue weighted by Gasteiger charge is 2.03. The Morgan fingerprint density at radius 3 is 2.07 bits per heavy atom. The smallest absolute Gasteiger partial charge is 0.0548 e. The van der Waals surface area contributed by atoms with Crippen molar-refractivity contribution in [3.05, 3.63) is 0 Å². The Morgan fingerprint density at radius 2 is 1.53 bits per heavy atom. The molecule has 0 saturated carbocycles. The van der Waals surface area contributed by atoms with E-state index in [1.807, 2.05) is 7.17 Å². The van der Waals surface area contributed by atoms with Crippen molar-refractivity contribution in [2.24, 2.45) is 5.92 Å². The highest BCUT2D eigenvalue weighted by atomic mass is 14.1. The molecule has 0 bridgehead atoms. The van der Waals surface area contributed by atoms with Crippen molar-refractivity contribution in [2.75, 3.05) is 0 Å². The second-order valence-corrected chi connectivity index (χ2v) is 4.66. The summed E-state index contributed by atoms with van der Waals surface area (Å²) in [4.78, 5) is 0. The topological polar surface area (TPSA) is 0 Å². The highest BCUT2D eigenvalue weighted by molar-refractivity contribution is 6.89. The lowest BCUT2D eigenvalue weighted by Crippen LogP contribution is -2.03. The minimum atomic E-state index is 0.839. The third-order valence-corrected chi connectivity index (χ3v) is 3.26. The van der Waals surface area contributed by atoms with E-state index < -0.39 is 0 Å². The lowest BCUT2D eigenvalue weighted by molar-refractivity contribution is 0.470. The SMILES string of the molecule is [B][B]CC(CC)CCCCCCCCC. The first kappa shape index (κ1) is 15.1. The van der Waals surface area contributed by atoms with Gasteiger partial charge in [0, 0.05) is 7.74 Å². The van der Waals surface area contributed by atoms with E-state index in [1.54, 1.807) is 0 Å². The van der Waals surface area contributed by atoms with Gasteiger partial charge in [0.1, 0.15) is 0 Å². The van der Waals surface area contributed by atoms with Crippen molar-refractivity contribution < 1.29 is 0 Å². The number of rotatable bonds is 11. The van der Waals surface area contributed by atoms with E-state index >= 15 is 0 Å². The molecule has 0 aliphatic rings. The van der Waals surface area contributed by atoms with E-state index in [0.717, 1.165) is 12.2 Å². The third-order valence-electron chi connectivity index (χ3n) is 3.26. The standard InChI is InChI=1S/C13H27B2/c1-3-5-6-7-8-9-10-11-13(4-2)12-15-14/h13H,3-12H2,1-2H3. The molecule has 0 fully saturated rings. The summed E-state index contributed by atoms with van der Waals surface area (Å²) in [6.45, 7) is 4.55. The minimum Gasteiger partial charge on any atom is -0.0867 e. The molecule has 0 aromatic carbocycles. The molecule has 15 heavy (non-hydrogen) atoms. The Labute approximate surface area is 99.2 Å². The van der Waals surface area contributed by atoms with Crippen LogP contribution in [0.3, 0.4) is 0 Å². The molecule has 85 valence electrons. The molecule has 1 unspecified atom stereocenters. The number of unbranched alkanes of at least 4 members (excludes halogenated alkanes) is 6. The second kappa shape index (κ2) is 12.2. The summed E-state index contributed by atoms with van der Waals surface area (Å²) in [6, 6.07) is 0. The van der Waals surface area contributed by atoms with E-state index in [1.165, 1.54) is 57.8 Å². The quantitative estimate of drug-likeness (QED) is 0.347. The van der Waals surface area contributed by atoms with Crippen LogP contribution in [0.2, 0.25) is 6.32 Å². The van der Waals surface area contributed by atoms with E-state index in [0.29, 0.717) is 0 Å². The third kappa shape index (κ3) is 10.4. The van der Waals surface area contributed by atoms with Gasteiger partial charge in [-0.05, 0) is 5.92 Å². The van der Waals surface area contributed by atoms with Gasteiger partial charge in [-0.15, -0.1) is 0 Å². The lowest BCUT2D eigenvalue weighted by Gasteiger charge is -2.13. The summed E-state index contributed by atoms with van der Waals surface area (Å²) in [5.41, 5.74) is 0. The molecule has 0 saturated heterocycles.